The van der Waals surface area contributed by atoms with E-state index < -0.39 is 27.7 Å². The van der Waals surface area contributed by atoms with Crippen molar-refractivity contribution in [2.45, 2.75) is 20.0 Å². The lowest BCUT2D eigenvalue weighted by molar-refractivity contribution is -0.137. The quantitative estimate of drug-likeness (QED) is 0.525. The number of methoxy groups -OCH3 is 1. The summed E-state index contributed by atoms with van der Waals surface area (Å²) in [6.07, 6.45) is -3.22. The maximum absolute atomic E-state index is 13.0. The number of hydrogen-bond donors (Lipinski definition) is 2. The molecule has 0 aliphatic carbocycles. The molecule has 12 heteroatoms. The lowest BCUT2D eigenvalue weighted by atomic mass is 10.2. The van der Waals surface area contributed by atoms with Gasteiger partial charge in [-0.1, -0.05) is 6.07 Å². The van der Waals surface area contributed by atoms with Crippen LogP contribution in [0.25, 0.3) is 5.69 Å². The van der Waals surface area contributed by atoms with Crippen LogP contribution < -0.4 is 14.8 Å². The highest BCUT2D eigenvalue weighted by Gasteiger charge is 2.30. The van der Waals surface area contributed by atoms with Gasteiger partial charge in [-0.05, 0) is 55.8 Å². The summed E-state index contributed by atoms with van der Waals surface area (Å²) in [6.45, 7) is 3.18. The number of halogens is 3. The van der Waals surface area contributed by atoms with Gasteiger partial charge >= 0.3 is 6.18 Å². The molecule has 1 aromatic heterocycles. The second kappa shape index (κ2) is 9.14. The Bertz CT molecular complexity index is 1290. The van der Waals surface area contributed by atoms with Crippen LogP contribution in [0.4, 0.5) is 24.5 Å². The van der Waals surface area contributed by atoms with E-state index in [-0.39, 0.29) is 22.9 Å². The lowest BCUT2D eigenvalue weighted by Gasteiger charge is -2.11. The molecule has 0 bridgehead atoms. The number of nitrogens with zero attached hydrogens (tertiary/aromatic N) is 2. The second-order valence-corrected chi connectivity index (χ2v) is 9.04. The monoisotopic (exact) mass is 482 g/mol. The third-order valence-corrected chi connectivity index (χ3v) is 5.97. The van der Waals surface area contributed by atoms with E-state index in [4.69, 9.17) is 4.74 Å². The van der Waals surface area contributed by atoms with Crippen LogP contribution in [-0.2, 0) is 16.2 Å². The molecule has 0 spiro atoms. The van der Waals surface area contributed by atoms with Gasteiger partial charge in [0.2, 0.25) is 10.0 Å². The fourth-order valence-electron chi connectivity index (χ4n) is 2.91. The summed E-state index contributed by atoms with van der Waals surface area (Å²) in [4.78, 5) is 12.8. The molecule has 176 valence electrons. The molecule has 8 nitrogen and oxygen atoms in total. The molecule has 3 rings (SSSR count). The van der Waals surface area contributed by atoms with Gasteiger partial charge in [-0.2, -0.15) is 18.3 Å². The Labute approximate surface area is 188 Å². The Morgan fingerprint density at radius 2 is 1.91 bits per heavy atom. The Kier molecular flexibility index (Phi) is 6.68. The van der Waals surface area contributed by atoms with E-state index in [0.717, 1.165) is 16.8 Å². The van der Waals surface area contributed by atoms with E-state index >= 15 is 0 Å². The van der Waals surface area contributed by atoms with Crippen LogP contribution in [0.3, 0.4) is 0 Å². The topological polar surface area (TPSA) is 102 Å². The Hall–Kier alpha value is -3.54. The number of hydrogen-bond acceptors (Lipinski definition) is 5. The molecular weight excluding hydrogens is 461 g/mol. The van der Waals surface area contributed by atoms with Crippen molar-refractivity contribution >= 4 is 27.3 Å². The fourth-order valence-corrected chi connectivity index (χ4v) is 3.62. The Morgan fingerprint density at radius 1 is 1.18 bits per heavy atom. The summed E-state index contributed by atoms with van der Waals surface area (Å²) in [5, 5.41) is 6.72. The molecule has 2 aromatic carbocycles. The number of carbonyl (C=O) groups excluding carboxylic acids is 1. The minimum atomic E-state index is -4.53. The number of aryl methyl sites for hydroxylation is 1. The minimum Gasteiger partial charge on any atom is -0.493 e. The Morgan fingerprint density at radius 3 is 2.52 bits per heavy atom. The molecule has 1 amide bonds. The number of amides is 1. The highest BCUT2D eigenvalue weighted by molar-refractivity contribution is 7.92. The van der Waals surface area contributed by atoms with Gasteiger partial charge in [-0.3, -0.25) is 9.52 Å². The van der Waals surface area contributed by atoms with E-state index in [1.807, 2.05) is 0 Å². The first kappa shape index (κ1) is 24.1. The molecule has 0 unspecified atom stereocenters. The van der Waals surface area contributed by atoms with Crippen LogP contribution in [0.15, 0.2) is 48.7 Å². The number of rotatable bonds is 7. The summed E-state index contributed by atoms with van der Waals surface area (Å²) >= 11 is 0. The van der Waals surface area contributed by atoms with Crippen LogP contribution in [0.5, 0.6) is 5.75 Å². The highest BCUT2D eigenvalue weighted by atomic mass is 32.2. The SMILES string of the molecule is CCS(=O)(=O)Nc1ccc(NC(=O)c2nn(-c3cccc(C(F)(F)F)c3)cc2OC)cc1C. The zero-order chi connectivity index (χ0) is 24.4. The van der Waals surface area contributed by atoms with Gasteiger partial charge < -0.3 is 10.1 Å². The zero-order valence-electron chi connectivity index (χ0n) is 17.9. The van der Waals surface area contributed by atoms with Crippen molar-refractivity contribution in [1.82, 2.24) is 9.78 Å². The van der Waals surface area contributed by atoms with Crippen LogP contribution in [-0.4, -0.2) is 37.0 Å². The van der Waals surface area contributed by atoms with Crippen LogP contribution in [0.2, 0.25) is 0 Å². The van der Waals surface area contributed by atoms with Gasteiger partial charge in [0.05, 0.1) is 36.0 Å². The second-order valence-electron chi connectivity index (χ2n) is 7.03. The van der Waals surface area contributed by atoms with Crippen molar-refractivity contribution in [1.29, 1.82) is 0 Å². The van der Waals surface area contributed by atoms with Crippen molar-refractivity contribution < 1.29 is 31.1 Å². The van der Waals surface area contributed by atoms with E-state index in [9.17, 15) is 26.4 Å². The smallest absolute Gasteiger partial charge is 0.416 e. The molecule has 0 fully saturated rings. The number of benzene rings is 2. The summed E-state index contributed by atoms with van der Waals surface area (Å²) in [5.74, 6) is -0.674. The Balaban J connectivity index is 1.85. The molecule has 0 radical (unpaired) electrons. The normalized spacial score (nSPS) is 11.8. The lowest BCUT2D eigenvalue weighted by Crippen LogP contribution is -2.16. The average Bonchev–Trinajstić information content (AvgIpc) is 3.20. The summed E-state index contributed by atoms with van der Waals surface area (Å²) in [5.41, 5.74) is 0.434. The van der Waals surface area contributed by atoms with Gasteiger partial charge in [0.25, 0.3) is 5.91 Å². The molecule has 33 heavy (non-hydrogen) atoms. The number of ether oxygens (including phenoxy) is 1. The van der Waals surface area contributed by atoms with Crippen molar-refractivity contribution in [2.75, 3.05) is 22.9 Å². The zero-order valence-corrected chi connectivity index (χ0v) is 18.7. The first-order valence-corrected chi connectivity index (χ1v) is 11.3. The van der Waals surface area contributed by atoms with E-state index in [0.29, 0.717) is 16.9 Å². The molecule has 2 N–H and O–H groups in total. The molecule has 0 saturated heterocycles. The highest BCUT2D eigenvalue weighted by Crippen LogP contribution is 2.31. The molecule has 1 heterocycles. The molecule has 0 aliphatic rings. The molecule has 0 atom stereocenters. The third-order valence-electron chi connectivity index (χ3n) is 4.68. The number of sulfonamides is 1. The van der Waals surface area contributed by atoms with Gasteiger partial charge in [0.1, 0.15) is 0 Å². The summed E-state index contributed by atoms with van der Waals surface area (Å²) in [6, 6.07) is 9.09. The van der Waals surface area contributed by atoms with E-state index in [1.54, 1.807) is 13.0 Å². The first-order chi connectivity index (χ1) is 15.4. The predicted molar refractivity (Wildman–Crippen MR) is 117 cm³/mol. The van der Waals surface area contributed by atoms with Crippen molar-refractivity contribution in [2.24, 2.45) is 0 Å². The van der Waals surface area contributed by atoms with Gasteiger partial charge in [0.15, 0.2) is 11.4 Å². The third kappa shape index (κ3) is 5.64. The van der Waals surface area contributed by atoms with Gasteiger partial charge in [-0.25, -0.2) is 13.1 Å². The van der Waals surface area contributed by atoms with E-state index in [2.05, 4.69) is 15.1 Å². The van der Waals surface area contributed by atoms with Gasteiger partial charge in [-0.15, -0.1) is 0 Å². The van der Waals surface area contributed by atoms with Crippen LogP contribution in [0, 0.1) is 6.92 Å². The standard InChI is InChI=1S/C21H21F3N4O4S/c1-4-33(30,31)27-17-9-8-15(10-13(17)2)25-20(29)19-18(32-3)12-28(26-19)16-7-5-6-14(11-16)21(22,23)24/h5-12,27H,4H2,1-3H3,(H,25,29). The van der Waals surface area contributed by atoms with Crippen LogP contribution in [0.1, 0.15) is 28.5 Å². The molecular formula is C21H21F3N4O4S. The van der Waals surface area contributed by atoms with Crippen molar-refractivity contribution in [3.63, 3.8) is 0 Å². The van der Waals surface area contributed by atoms with Crippen molar-refractivity contribution in [3.05, 3.63) is 65.5 Å². The maximum Gasteiger partial charge on any atom is 0.416 e. The minimum absolute atomic E-state index is 0.0639. The molecule has 0 aliphatic heterocycles. The largest absolute Gasteiger partial charge is 0.493 e. The molecule has 0 saturated carbocycles. The first-order valence-electron chi connectivity index (χ1n) is 9.67. The van der Waals surface area contributed by atoms with Gasteiger partial charge in [0, 0.05) is 5.69 Å². The number of carbonyl (C=O) groups is 1. The van der Waals surface area contributed by atoms with Crippen molar-refractivity contribution in [3.8, 4) is 11.4 Å². The number of alkyl halides is 3. The maximum atomic E-state index is 13.0. The number of nitrogens with one attached hydrogen (secondary N) is 2. The van der Waals surface area contributed by atoms with Crippen LogP contribution >= 0.6 is 0 Å². The molecule has 3 aromatic rings. The fraction of sp³-hybridized carbons (Fsp3) is 0.238. The summed E-state index contributed by atoms with van der Waals surface area (Å²) in [7, 11) is -2.15. The van der Waals surface area contributed by atoms with E-state index in [1.165, 1.54) is 44.5 Å². The predicted octanol–water partition coefficient (Wildman–Crippen LogP) is 4.22. The number of aromatic nitrogens is 2. The summed E-state index contributed by atoms with van der Waals surface area (Å²) < 4.78 is 71.3. The number of anilines is 2. The average molecular weight is 482 g/mol.